The number of aromatic nitrogens is 8. The molecule has 6 aromatic carbocycles. The minimum absolute atomic E-state index is 0.142. The van der Waals surface area contributed by atoms with E-state index in [1.54, 1.807) is 97.1 Å². The summed E-state index contributed by atoms with van der Waals surface area (Å²) in [5, 5.41) is 33.9. The van der Waals surface area contributed by atoms with Gasteiger partial charge in [-0.1, -0.05) is 93.8 Å². The molecule has 24 nitrogen and oxygen atoms in total. The molecule has 7 N–H and O–H groups in total. The zero-order valence-electron chi connectivity index (χ0n) is 69.2. The smallest absolute Gasteiger partial charge is 0.251 e. The Morgan fingerprint density at radius 1 is 0.479 bits per heavy atom. The van der Waals surface area contributed by atoms with E-state index in [1.807, 2.05) is 84.7 Å². The average Bonchev–Trinajstić information content (AvgIpc) is 1.62. The molecule has 4 aliphatic rings. The molecular weight excluding hydrogens is 1530 g/mol. The van der Waals surface area contributed by atoms with Crippen LogP contribution in [0.1, 0.15) is 164 Å². The molecule has 3 saturated heterocycles. The maximum atomic E-state index is 15.3. The van der Waals surface area contributed by atoms with Crippen LogP contribution in [0.25, 0.3) is 44.3 Å². The normalized spacial score (nSPS) is 14.6. The fourth-order valence-corrected chi connectivity index (χ4v) is 16.2. The lowest BCUT2D eigenvalue weighted by atomic mass is 9.94. The molecule has 6 aromatic heterocycles. The summed E-state index contributed by atoms with van der Waals surface area (Å²) in [6.07, 6.45) is 20.8. The van der Waals surface area contributed by atoms with Crippen LogP contribution < -0.4 is 47.0 Å². The Balaban J connectivity index is 0.000000176. The van der Waals surface area contributed by atoms with Crippen LogP contribution in [-0.2, 0) is 63.4 Å². The number of aldehydes is 1. The van der Waals surface area contributed by atoms with E-state index in [2.05, 4.69) is 110 Å². The van der Waals surface area contributed by atoms with Gasteiger partial charge in [-0.15, -0.1) is 0 Å². The first-order valence-electron chi connectivity index (χ1n) is 42.3. The molecule has 121 heavy (non-hydrogen) atoms. The lowest BCUT2D eigenvalue weighted by Gasteiger charge is -2.36. The first kappa shape index (κ1) is 84.8. The van der Waals surface area contributed by atoms with Crippen LogP contribution in [0, 0.1) is 11.6 Å². The van der Waals surface area contributed by atoms with Crippen molar-refractivity contribution in [3.8, 4) is 22.3 Å². The molecule has 0 atom stereocenters. The van der Waals surface area contributed by atoms with Gasteiger partial charge in [0, 0.05) is 221 Å². The topological polar surface area (TPSA) is 276 Å². The van der Waals surface area contributed by atoms with Gasteiger partial charge in [-0.3, -0.25) is 38.8 Å². The maximum absolute atomic E-state index is 15.3. The van der Waals surface area contributed by atoms with Gasteiger partial charge in [0.05, 0.1) is 34.5 Å². The lowest BCUT2D eigenvalue weighted by molar-refractivity contribution is 0.0904. The fourth-order valence-electron chi connectivity index (χ4n) is 16.2. The number of ether oxygens (including phenoxy) is 1. The van der Waals surface area contributed by atoms with Gasteiger partial charge in [0.1, 0.15) is 17.9 Å². The molecule has 0 unspecified atom stereocenters. The largest absolute Gasteiger partial charge is 0.381 e. The number of carbonyl (C=O) groups is 5. The molecule has 9 heterocycles. The zero-order chi connectivity index (χ0) is 84.0. The van der Waals surface area contributed by atoms with Crippen LogP contribution in [-0.4, -0.2) is 152 Å². The second kappa shape index (κ2) is 41.4. The maximum Gasteiger partial charge on any atom is 0.251 e. The zero-order valence-corrected chi connectivity index (χ0v) is 69.2. The van der Waals surface area contributed by atoms with Crippen molar-refractivity contribution in [1.82, 2.24) is 71.0 Å². The third-order valence-electron chi connectivity index (χ3n) is 22.9. The van der Waals surface area contributed by atoms with Gasteiger partial charge in [-0.05, 0) is 177 Å². The van der Waals surface area contributed by atoms with E-state index in [4.69, 9.17) is 14.7 Å². The Bertz CT molecular complexity index is 5570. The molecule has 0 spiro atoms. The van der Waals surface area contributed by atoms with Crippen LogP contribution >= 0.6 is 0 Å². The molecule has 3 aliphatic heterocycles. The highest BCUT2D eigenvalue weighted by Crippen LogP contribution is 2.36. The van der Waals surface area contributed by atoms with Crippen LogP contribution in [0.5, 0.6) is 0 Å². The third-order valence-corrected chi connectivity index (χ3v) is 22.9. The van der Waals surface area contributed by atoms with E-state index in [9.17, 15) is 28.4 Å². The second-order valence-electron chi connectivity index (χ2n) is 30.8. The number of hydrogen-bond acceptors (Lipinski definition) is 18. The van der Waals surface area contributed by atoms with Crippen molar-refractivity contribution in [3.63, 3.8) is 0 Å². The predicted octanol–water partition coefficient (Wildman–Crippen LogP) is 14.7. The van der Waals surface area contributed by atoms with Crippen molar-refractivity contribution < 1.29 is 37.5 Å². The Kier molecular flexibility index (Phi) is 29.0. The van der Waals surface area contributed by atoms with E-state index in [0.29, 0.717) is 95.0 Å². The number of halogens is 2. The molecule has 4 fully saturated rings. The quantitative estimate of drug-likeness (QED) is 0.0236. The molecule has 16 rings (SSSR count). The molecule has 26 heteroatoms. The summed E-state index contributed by atoms with van der Waals surface area (Å²) in [6.45, 7) is 20.8. The summed E-state index contributed by atoms with van der Waals surface area (Å²) < 4.78 is 39.3. The first-order valence-corrected chi connectivity index (χ1v) is 42.3. The Hall–Kier alpha value is -12.7. The van der Waals surface area contributed by atoms with Gasteiger partial charge in [0.15, 0.2) is 11.3 Å². The predicted molar refractivity (Wildman–Crippen MR) is 471 cm³/mol. The molecular formula is C95H106F2N18O6. The molecule has 0 radical (unpaired) electrons. The number of benzene rings is 6. The highest BCUT2D eigenvalue weighted by molar-refractivity contribution is 6.01. The van der Waals surface area contributed by atoms with Crippen molar-refractivity contribution in [2.24, 2.45) is 0 Å². The molecule has 626 valence electrons. The van der Waals surface area contributed by atoms with Crippen molar-refractivity contribution in [3.05, 3.63) is 274 Å². The van der Waals surface area contributed by atoms with Crippen molar-refractivity contribution >= 4 is 74.7 Å². The van der Waals surface area contributed by atoms with E-state index >= 15 is 4.39 Å². The molecule has 1 saturated carbocycles. The van der Waals surface area contributed by atoms with Crippen LogP contribution in [0.2, 0.25) is 0 Å². The van der Waals surface area contributed by atoms with Gasteiger partial charge in [0.2, 0.25) is 0 Å². The highest BCUT2D eigenvalue weighted by Gasteiger charge is 2.27. The van der Waals surface area contributed by atoms with Gasteiger partial charge >= 0.3 is 0 Å². The fraction of sp³-hybridized carbons (Fsp3) is 0.337. The Morgan fingerprint density at radius 3 is 1.40 bits per heavy atom. The first-order chi connectivity index (χ1) is 59.2. The van der Waals surface area contributed by atoms with E-state index < -0.39 is 5.82 Å². The SMILES string of the molecule is CCc1nc2c(cnn2CC)c(NC2CCCCC2)c1CNC(=O)c1cccc(C(=O)NCc2ccc(F)c(-c3cccc(CN4CCN(c5ccncc5)CC4)c3)c2)c1.CCc1nc2c(cnn2CC)c(NC2CCOCC2)c1CNC(=O)c1cccc(C(=O)NCc2ccc(F)c(-c3cccc(C=O)c3)c2)c1.c1cc(N2CCNCC2)ccn1. The standard InChI is InChI=1S/C48H54FN9O2.C38H39FN6O4.C9H13N3/c1-3-44-41(45(54-38-14-6-5-7-15-38)42-31-53-58(4-2)46(42)55-44)30-52-48(60)37-13-9-12-36(28-37)47(59)51-29-33-16-17-43(49)40(27-33)35-11-8-10-34(26-35)32-56-22-24-57(25-23-56)39-18-20-50-21-19-39;1-3-34-31(35(43-29-13-15-49-16-14-29)32-22-42-45(4-2)36(32)44-34)21-41-38(48)28-10-6-9-27(19-28)37(47)40-20-24-11-12-33(39)30(18-24)26-8-5-7-25(17-26)23-46;1-3-10-4-2-9(1)12-7-5-11-6-8-12/h8-13,16-21,26-28,31,38H,3-7,14-15,22-25,29-30,32H2,1-2H3,(H,51,59)(H,52,60)(H,54,55);5-12,17-19,22-23,29H,3-4,13-16,20-21H2,1-2H3,(H,40,47)(H,41,48)(H,43,44);1-4,11H,5-8H2. The summed E-state index contributed by atoms with van der Waals surface area (Å²) in [7, 11) is 0. The number of aryl methyl sites for hydroxylation is 4. The molecule has 12 aromatic rings. The Morgan fingerprint density at radius 2 is 0.926 bits per heavy atom. The summed E-state index contributed by atoms with van der Waals surface area (Å²) in [4.78, 5) is 90.2. The van der Waals surface area contributed by atoms with Crippen LogP contribution in [0.4, 0.5) is 31.5 Å². The number of fused-ring (bicyclic) bond motifs is 2. The summed E-state index contributed by atoms with van der Waals surface area (Å²) in [5.74, 6) is -2.04. The number of anilines is 4. The number of nitrogens with zero attached hydrogens (tertiary/aromatic N) is 11. The Labute approximate surface area is 704 Å². The minimum Gasteiger partial charge on any atom is -0.381 e. The van der Waals surface area contributed by atoms with Crippen molar-refractivity contribution in [2.75, 3.05) is 86.0 Å². The van der Waals surface area contributed by atoms with Crippen molar-refractivity contribution in [1.29, 1.82) is 0 Å². The lowest BCUT2D eigenvalue weighted by Crippen LogP contribution is -2.45. The second-order valence-corrected chi connectivity index (χ2v) is 30.8. The molecule has 4 amide bonds. The minimum atomic E-state index is -0.430. The summed E-state index contributed by atoms with van der Waals surface area (Å²) in [6, 6.07) is 46.3. The number of carbonyl (C=O) groups excluding carboxylic acids is 5. The number of nitrogens with one attached hydrogen (secondary N) is 7. The molecule has 1 aliphatic carbocycles. The van der Waals surface area contributed by atoms with Gasteiger partial charge < -0.3 is 51.8 Å². The van der Waals surface area contributed by atoms with E-state index in [0.717, 1.165) is 164 Å². The highest BCUT2D eigenvalue weighted by atomic mass is 19.1. The number of hydrogen-bond donors (Lipinski definition) is 7. The van der Waals surface area contributed by atoms with Crippen LogP contribution in [0.15, 0.2) is 195 Å². The average molecular weight is 1630 g/mol. The number of rotatable bonds is 27. The van der Waals surface area contributed by atoms with Crippen LogP contribution in [0.3, 0.4) is 0 Å². The van der Waals surface area contributed by atoms with E-state index in [-0.39, 0.29) is 61.7 Å². The number of amides is 4. The number of pyridine rings is 4. The molecule has 0 bridgehead atoms. The summed E-state index contributed by atoms with van der Waals surface area (Å²) >= 11 is 0. The van der Waals surface area contributed by atoms with Gasteiger partial charge in [0.25, 0.3) is 23.6 Å². The number of piperazine rings is 2. The van der Waals surface area contributed by atoms with E-state index in [1.165, 1.54) is 42.8 Å². The summed E-state index contributed by atoms with van der Waals surface area (Å²) in [5.41, 5.74) is 16.4. The van der Waals surface area contributed by atoms with Gasteiger partial charge in [-0.2, -0.15) is 10.2 Å². The van der Waals surface area contributed by atoms with Gasteiger partial charge in [-0.25, -0.2) is 28.1 Å². The monoisotopic (exact) mass is 1630 g/mol. The third kappa shape index (κ3) is 21.5. The van der Waals surface area contributed by atoms with Crippen molar-refractivity contribution in [2.45, 2.75) is 143 Å².